The number of rotatable bonds is 4. The molecule has 10 heteroatoms. The highest BCUT2D eigenvalue weighted by Gasteiger charge is 2.34. The van der Waals surface area contributed by atoms with Gasteiger partial charge in [-0.3, -0.25) is 9.59 Å². The molecule has 0 bridgehead atoms. The summed E-state index contributed by atoms with van der Waals surface area (Å²) in [6, 6.07) is -0.546. The number of carbonyl (C=O) groups excluding carboxylic acids is 2. The molecule has 0 aromatic heterocycles. The van der Waals surface area contributed by atoms with Crippen molar-refractivity contribution in [2.75, 3.05) is 14.2 Å². The van der Waals surface area contributed by atoms with Gasteiger partial charge in [0, 0.05) is 12.1 Å². The van der Waals surface area contributed by atoms with Crippen LogP contribution in [0.15, 0.2) is 0 Å². The van der Waals surface area contributed by atoms with E-state index in [9.17, 15) is 19.2 Å². The first-order valence-electron chi connectivity index (χ1n) is 8.44. The minimum Gasteiger partial charge on any atom is -0.481 e. The van der Waals surface area contributed by atoms with Gasteiger partial charge in [-0.25, -0.2) is 9.59 Å². The Balaban J connectivity index is 0.000000260. The zero-order valence-electron chi connectivity index (χ0n) is 14.9. The molecular formula is C16H26N2O8. The summed E-state index contributed by atoms with van der Waals surface area (Å²) >= 11 is 0. The van der Waals surface area contributed by atoms with Crippen LogP contribution in [0.1, 0.15) is 38.5 Å². The van der Waals surface area contributed by atoms with E-state index in [1.54, 1.807) is 0 Å². The number of aliphatic carboxylic acids is 2. The number of hydrogen-bond donors (Lipinski definition) is 4. The summed E-state index contributed by atoms with van der Waals surface area (Å²) in [7, 11) is 2.53. The van der Waals surface area contributed by atoms with Crippen molar-refractivity contribution >= 4 is 24.1 Å². The van der Waals surface area contributed by atoms with E-state index in [-0.39, 0.29) is 12.1 Å². The molecule has 2 aliphatic rings. The van der Waals surface area contributed by atoms with E-state index in [1.165, 1.54) is 14.2 Å². The molecule has 2 rings (SSSR count). The van der Waals surface area contributed by atoms with Crippen LogP contribution < -0.4 is 10.6 Å². The van der Waals surface area contributed by atoms with E-state index < -0.39 is 36.0 Å². The molecule has 0 aliphatic heterocycles. The van der Waals surface area contributed by atoms with Crippen LogP contribution in [0.3, 0.4) is 0 Å². The Morgan fingerprint density at radius 2 is 1.08 bits per heavy atom. The Labute approximate surface area is 151 Å². The zero-order chi connectivity index (χ0) is 19.7. The van der Waals surface area contributed by atoms with Crippen LogP contribution in [0.25, 0.3) is 0 Å². The first-order valence-corrected chi connectivity index (χ1v) is 8.44. The van der Waals surface area contributed by atoms with Crippen LogP contribution in [0, 0.1) is 11.8 Å². The van der Waals surface area contributed by atoms with Gasteiger partial charge in [0.05, 0.1) is 26.1 Å². The molecule has 0 unspecified atom stereocenters. The van der Waals surface area contributed by atoms with Gasteiger partial charge in [-0.1, -0.05) is 12.8 Å². The van der Waals surface area contributed by atoms with E-state index in [0.29, 0.717) is 25.7 Å². The maximum atomic E-state index is 10.8. The van der Waals surface area contributed by atoms with Gasteiger partial charge in [-0.05, 0) is 25.7 Å². The second-order valence-electron chi connectivity index (χ2n) is 6.24. The standard InChI is InChI=1S/2C8H13NO4/c2*1-13-8(12)9-6-4-2-3-5(6)7(10)11/h2*5-6H,2-4H2,1H3,(H,9,12)(H,10,11)/t2*5-,6-/m00/s1. The number of hydrogen-bond acceptors (Lipinski definition) is 6. The lowest BCUT2D eigenvalue weighted by Crippen LogP contribution is -2.40. The van der Waals surface area contributed by atoms with Gasteiger partial charge in [0.25, 0.3) is 0 Å². The lowest BCUT2D eigenvalue weighted by molar-refractivity contribution is -0.143. The molecule has 2 amide bonds. The summed E-state index contributed by atoms with van der Waals surface area (Å²) in [4.78, 5) is 43.0. The second kappa shape index (κ2) is 10.5. The van der Waals surface area contributed by atoms with Crippen LogP contribution in [-0.4, -0.2) is 60.6 Å². The highest BCUT2D eigenvalue weighted by molar-refractivity contribution is 5.74. The van der Waals surface area contributed by atoms with Crippen LogP contribution in [-0.2, 0) is 19.1 Å². The molecule has 26 heavy (non-hydrogen) atoms. The fourth-order valence-electron chi connectivity index (χ4n) is 3.28. The lowest BCUT2D eigenvalue weighted by atomic mass is 10.0. The Morgan fingerprint density at radius 1 is 0.731 bits per heavy atom. The molecule has 0 saturated heterocycles. The van der Waals surface area contributed by atoms with E-state index in [4.69, 9.17) is 10.2 Å². The first kappa shape index (κ1) is 21.5. The van der Waals surface area contributed by atoms with E-state index in [1.807, 2.05) is 0 Å². The van der Waals surface area contributed by atoms with Crippen LogP contribution in [0.2, 0.25) is 0 Å². The number of nitrogens with one attached hydrogen (secondary N) is 2. The predicted octanol–water partition coefficient (Wildman–Crippen LogP) is 1.19. The van der Waals surface area contributed by atoms with Gasteiger partial charge in [0.2, 0.25) is 0 Å². The maximum Gasteiger partial charge on any atom is 0.407 e. The molecular weight excluding hydrogens is 348 g/mol. The molecule has 0 aromatic carbocycles. The molecule has 2 aliphatic carbocycles. The molecule has 0 radical (unpaired) electrons. The predicted molar refractivity (Wildman–Crippen MR) is 88.6 cm³/mol. The summed E-state index contributed by atoms with van der Waals surface area (Å²) in [5.74, 6) is -2.61. The molecule has 0 aromatic rings. The second-order valence-corrected chi connectivity index (χ2v) is 6.24. The van der Waals surface area contributed by atoms with Gasteiger partial charge in [0.15, 0.2) is 0 Å². The van der Waals surface area contributed by atoms with Crippen LogP contribution >= 0.6 is 0 Å². The van der Waals surface area contributed by atoms with Crippen molar-refractivity contribution in [1.29, 1.82) is 0 Å². The lowest BCUT2D eigenvalue weighted by Gasteiger charge is -2.16. The van der Waals surface area contributed by atoms with Crippen molar-refractivity contribution in [3.63, 3.8) is 0 Å². The van der Waals surface area contributed by atoms with Gasteiger partial charge < -0.3 is 30.3 Å². The average Bonchev–Trinajstić information content (AvgIpc) is 3.24. The monoisotopic (exact) mass is 374 g/mol. The van der Waals surface area contributed by atoms with Crippen LogP contribution in [0.4, 0.5) is 9.59 Å². The maximum absolute atomic E-state index is 10.8. The van der Waals surface area contributed by atoms with Gasteiger partial charge in [-0.2, -0.15) is 0 Å². The Morgan fingerprint density at radius 3 is 1.35 bits per heavy atom. The topological polar surface area (TPSA) is 151 Å². The molecule has 4 N–H and O–H groups in total. The summed E-state index contributed by atoms with van der Waals surface area (Å²) in [5, 5.41) is 22.6. The highest BCUT2D eigenvalue weighted by Crippen LogP contribution is 2.26. The largest absolute Gasteiger partial charge is 0.481 e. The third kappa shape index (κ3) is 6.41. The molecule has 2 fully saturated rings. The van der Waals surface area contributed by atoms with Crippen molar-refractivity contribution in [3.05, 3.63) is 0 Å². The van der Waals surface area contributed by atoms with Crippen molar-refractivity contribution in [2.45, 2.75) is 50.6 Å². The number of carbonyl (C=O) groups is 4. The van der Waals surface area contributed by atoms with Crippen LogP contribution in [0.5, 0.6) is 0 Å². The Hall–Kier alpha value is -2.52. The number of carboxylic acid groups (broad SMARTS) is 2. The van der Waals surface area contributed by atoms with Crippen molar-refractivity contribution in [3.8, 4) is 0 Å². The van der Waals surface area contributed by atoms with Gasteiger partial charge in [-0.15, -0.1) is 0 Å². The number of ether oxygens (including phenoxy) is 2. The van der Waals surface area contributed by atoms with Gasteiger partial charge in [0.1, 0.15) is 0 Å². The minimum atomic E-state index is -0.848. The van der Waals surface area contributed by atoms with Crippen molar-refractivity contribution in [1.82, 2.24) is 10.6 Å². The van der Waals surface area contributed by atoms with E-state index in [2.05, 4.69) is 20.1 Å². The smallest absolute Gasteiger partial charge is 0.407 e. The normalized spacial score (nSPS) is 26.8. The molecule has 4 atom stereocenters. The SMILES string of the molecule is COC(=O)N[C@H]1CCC[C@@H]1C(=O)O.COC(=O)N[C@H]1CCC[C@@H]1C(=O)O. The summed E-state index contributed by atoms with van der Waals surface area (Å²) in [5.41, 5.74) is 0. The molecule has 2 saturated carbocycles. The number of methoxy groups -OCH3 is 2. The highest BCUT2D eigenvalue weighted by atomic mass is 16.5. The van der Waals surface area contributed by atoms with E-state index >= 15 is 0 Å². The zero-order valence-corrected chi connectivity index (χ0v) is 14.9. The quantitative estimate of drug-likeness (QED) is 0.573. The van der Waals surface area contributed by atoms with E-state index in [0.717, 1.165) is 12.8 Å². The molecule has 10 nitrogen and oxygen atoms in total. The minimum absolute atomic E-state index is 0.273. The Bertz CT molecular complexity index is 478. The third-order valence-corrected chi connectivity index (χ3v) is 4.64. The summed E-state index contributed by atoms with van der Waals surface area (Å²) in [6.45, 7) is 0. The number of carboxylic acids is 2. The Kier molecular flexibility index (Phi) is 8.66. The number of alkyl carbamates (subject to hydrolysis) is 2. The molecule has 148 valence electrons. The number of amides is 2. The van der Waals surface area contributed by atoms with Crippen molar-refractivity contribution < 1.29 is 38.9 Å². The third-order valence-electron chi connectivity index (χ3n) is 4.64. The van der Waals surface area contributed by atoms with Gasteiger partial charge >= 0.3 is 24.1 Å². The summed E-state index contributed by atoms with van der Waals surface area (Å²) in [6.07, 6.45) is 3.25. The fraction of sp³-hybridized carbons (Fsp3) is 0.750. The molecule has 0 spiro atoms. The fourth-order valence-corrected chi connectivity index (χ4v) is 3.28. The summed E-state index contributed by atoms with van der Waals surface area (Å²) < 4.78 is 8.79. The first-order chi connectivity index (χ1) is 12.3. The average molecular weight is 374 g/mol. The van der Waals surface area contributed by atoms with Crippen molar-refractivity contribution in [2.24, 2.45) is 11.8 Å². The molecule has 0 heterocycles.